The van der Waals surface area contributed by atoms with Crippen LogP contribution in [0.15, 0.2) is 42.7 Å². The summed E-state index contributed by atoms with van der Waals surface area (Å²) < 4.78 is 48.8. The number of likely N-dealkylation sites (tertiary alicyclic amines) is 1. The molecule has 0 unspecified atom stereocenters. The highest BCUT2D eigenvalue weighted by Gasteiger charge is 2.40. The van der Waals surface area contributed by atoms with Crippen molar-refractivity contribution in [2.24, 2.45) is 13.0 Å². The number of hydrogen-bond acceptors (Lipinski definition) is 10. The summed E-state index contributed by atoms with van der Waals surface area (Å²) in [5.41, 5.74) is -2.25. The number of nitrogens with one attached hydrogen (secondary N) is 2. The molecule has 5 heterocycles. The summed E-state index contributed by atoms with van der Waals surface area (Å²) in [6, 6.07) is 6.49. The molecular formula is C36H38ClF3N10O7. The van der Waals surface area contributed by atoms with Crippen LogP contribution in [0.3, 0.4) is 0 Å². The van der Waals surface area contributed by atoms with Crippen molar-refractivity contribution in [3.63, 3.8) is 0 Å². The summed E-state index contributed by atoms with van der Waals surface area (Å²) in [6.45, 7) is 7.42. The average molecular weight is 815 g/mol. The first-order valence-corrected chi connectivity index (χ1v) is 18.2. The number of hydrogen-bond donors (Lipinski definition) is 2. The molecule has 0 spiro atoms. The van der Waals surface area contributed by atoms with Crippen molar-refractivity contribution in [1.82, 2.24) is 39.4 Å². The van der Waals surface area contributed by atoms with Crippen LogP contribution >= 0.6 is 11.6 Å². The molecule has 6 rings (SSSR count). The highest BCUT2D eigenvalue weighted by molar-refractivity contribution is 6.34. The van der Waals surface area contributed by atoms with Crippen molar-refractivity contribution in [3.8, 4) is 22.5 Å². The molecular weight excluding hydrogens is 777 g/mol. The maximum absolute atomic E-state index is 14.1. The molecule has 302 valence electrons. The van der Waals surface area contributed by atoms with E-state index in [0.717, 1.165) is 23.0 Å². The molecule has 0 bridgehead atoms. The predicted octanol–water partition coefficient (Wildman–Crippen LogP) is 5.64. The minimum Gasteiger partial charge on any atom is -0.444 e. The summed E-state index contributed by atoms with van der Waals surface area (Å²) in [4.78, 5) is 75.4. The third-order valence-electron chi connectivity index (χ3n) is 9.54. The first-order chi connectivity index (χ1) is 26.8. The fourth-order valence-electron chi connectivity index (χ4n) is 6.65. The number of pyridine rings is 1. The summed E-state index contributed by atoms with van der Waals surface area (Å²) in [6.07, 6.45) is -2.19. The van der Waals surface area contributed by atoms with Crippen LogP contribution in [-0.4, -0.2) is 113 Å². The number of imidazole rings is 1. The third-order valence-corrected chi connectivity index (χ3v) is 9.85. The number of H-pyrrole nitrogens is 1. The lowest BCUT2D eigenvalue weighted by molar-refractivity contribution is -0.389. The molecule has 17 nitrogen and oxygen atoms in total. The Morgan fingerprint density at radius 2 is 1.61 bits per heavy atom. The van der Waals surface area contributed by atoms with E-state index in [1.807, 2.05) is 0 Å². The zero-order valence-corrected chi connectivity index (χ0v) is 32.0. The molecule has 4 aromatic rings. The van der Waals surface area contributed by atoms with Crippen molar-refractivity contribution in [3.05, 3.63) is 74.9 Å². The molecule has 2 aliphatic heterocycles. The van der Waals surface area contributed by atoms with E-state index >= 15 is 0 Å². The number of ether oxygens (including phenoxy) is 1. The fourth-order valence-corrected chi connectivity index (χ4v) is 6.91. The second-order valence-electron chi connectivity index (χ2n) is 14.5. The molecule has 0 aliphatic carbocycles. The van der Waals surface area contributed by atoms with Crippen LogP contribution in [0.4, 0.5) is 29.5 Å². The summed E-state index contributed by atoms with van der Waals surface area (Å²) >= 11 is 6.51. The number of amides is 4. The lowest BCUT2D eigenvalue weighted by atomic mass is 9.95. The van der Waals surface area contributed by atoms with Gasteiger partial charge in [-0.05, 0) is 67.8 Å². The van der Waals surface area contributed by atoms with Crippen LogP contribution < -0.4 is 5.32 Å². The molecule has 2 fully saturated rings. The number of halogens is 4. The number of carbonyl (C=O) groups is 4. The Bertz CT molecular complexity index is 2200. The fraction of sp³-hybridized carbons (Fsp3) is 0.417. The van der Waals surface area contributed by atoms with E-state index in [4.69, 9.17) is 16.3 Å². The number of anilines is 1. The van der Waals surface area contributed by atoms with Gasteiger partial charge >= 0.3 is 18.1 Å². The highest BCUT2D eigenvalue weighted by atomic mass is 35.5. The van der Waals surface area contributed by atoms with Crippen LogP contribution in [0.1, 0.15) is 60.3 Å². The minimum atomic E-state index is -4.92. The maximum Gasteiger partial charge on any atom is 0.435 e. The van der Waals surface area contributed by atoms with Gasteiger partial charge in [-0.2, -0.15) is 18.3 Å². The number of carbonyl (C=O) groups excluding carboxylic acids is 4. The SMILES string of the molecule is Cn1c(-c2c(C(F)(F)F)n[nH]c2-c2ccc([N+](=O)[O-])nc2)cnc1C(=O)Nc1ccc(C(=O)N2CCN(C(=O)C3CCN(C(=O)OC(C)(C)C)CC3)CC2)c(Cl)c1. The van der Waals surface area contributed by atoms with E-state index in [9.17, 15) is 42.5 Å². The molecule has 3 aromatic heterocycles. The Labute approximate surface area is 328 Å². The van der Waals surface area contributed by atoms with Crippen molar-refractivity contribution < 1.29 is 42.0 Å². The van der Waals surface area contributed by atoms with Gasteiger partial charge in [0.2, 0.25) is 5.91 Å². The van der Waals surface area contributed by atoms with Gasteiger partial charge in [-0.25, -0.2) is 9.78 Å². The maximum atomic E-state index is 14.1. The monoisotopic (exact) mass is 814 g/mol. The van der Waals surface area contributed by atoms with Crippen LogP contribution in [0, 0.1) is 16.0 Å². The number of piperidine rings is 1. The van der Waals surface area contributed by atoms with Gasteiger partial charge in [0.1, 0.15) is 11.8 Å². The Balaban J connectivity index is 1.08. The number of rotatable bonds is 7. The molecule has 0 saturated carbocycles. The highest BCUT2D eigenvalue weighted by Crippen LogP contribution is 2.41. The molecule has 1 aromatic carbocycles. The molecule has 0 atom stereocenters. The number of benzene rings is 1. The average Bonchev–Trinajstić information content (AvgIpc) is 3.77. The second-order valence-corrected chi connectivity index (χ2v) is 14.9. The number of alkyl halides is 3. The van der Waals surface area contributed by atoms with Crippen LogP contribution in [0.2, 0.25) is 5.02 Å². The van der Waals surface area contributed by atoms with Gasteiger partial charge < -0.3 is 39.4 Å². The van der Waals surface area contributed by atoms with E-state index in [1.165, 1.54) is 31.3 Å². The van der Waals surface area contributed by atoms with E-state index < -0.39 is 45.8 Å². The summed E-state index contributed by atoms with van der Waals surface area (Å²) in [5.74, 6) is -2.21. The van der Waals surface area contributed by atoms with Gasteiger partial charge in [-0.15, -0.1) is 0 Å². The lowest BCUT2D eigenvalue weighted by Gasteiger charge is -2.38. The lowest BCUT2D eigenvalue weighted by Crippen LogP contribution is -2.53. The Morgan fingerprint density at radius 1 is 0.947 bits per heavy atom. The number of aromatic amines is 1. The van der Waals surface area contributed by atoms with E-state index in [2.05, 4.69) is 25.5 Å². The van der Waals surface area contributed by atoms with Crippen LogP contribution in [-0.2, 0) is 22.8 Å². The molecule has 57 heavy (non-hydrogen) atoms. The third kappa shape index (κ3) is 8.84. The minimum absolute atomic E-state index is 0.0170. The zero-order valence-electron chi connectivity index (χ0n) is 31.2. The quantitative estimate of drug-likeness (QED) is 0.174. The van der Waals surface area contributed by atoms with Crippen molar-refractivity contribution in [1.29, 1.82) is 0 Å². The Kier molecular flexibility index (Phi) is 11.3. The first kappa shape index (κ1) is 40.6. The number of nitro groups is 1. The van der Waals surface area contributed by atoms with Gasteiger partial charge in [0.15, 0.2) is 11.5 Å². The molecule has 4 amide bonds. The van der Waals surface area contributed by atoms with Crippen molar-refractivity contribution in [2.45, 2.75) is 45.4 Å². The molecule has 21 heteroatoms. The van der Waals surface area contributed by atoms with Crippen molar-refractivity contribution in [2.75, 3.05) is 44.6 Å². The Hall–Kier alpha value is -6.05. The largest absolute Gasteiger partial charge is 0.444 e. The van der Waals surface area contributed by atoms with Gasteiger partial charge in [0.25, 0.3) is 11.8 Å². The van der Waals surface area contributed by atoms with Gasteiger partial charge in [-0.3, -0.25) is 19.5 Å². The zero-order chi connectivity index (χ0) is 41.4. The summed E-state index contributed by atoms with van der Waals surface area (Å²) in [7, 11) is 1.33. The van der Waals surface area contributed by atoms with Gasteiger partial charge in [0.05, 0.1) is 33.7 Å². The molecule has 2 N–H and O–H groups in total. The standard InChI is InChI=1S/C36H38ClF3N10O7/c1-35(2,3)57-34(54)49-11-9-20(10-12-49)32(52)47-13-15-48(16-14-47)33(53)23-7-6-22(17-24(23)37)43-31(51)30-42-19-25(46(30)4)27-28(44-45-29(27)36(38,39)40)21-5-8-26(41-18-21)50(55)56/h5-8,17-20H,9-16H2,1-4H3,(H,43,51)(H,44,45). The Morgan fingerprint density at radius 3 is 2.19 bits per heavy atom. The van der Waals surface area contributed by atoms with Gasteiger partial charge in [0, 0.05) is 69.6 Å². The van der Waals surface area contributed by atoms with E-state index in [1.54, 1.807) is 35.5 Å². The van der Waals surface area contributed by atoms with Crippen LogP contribution in [0.25, 0.3) is 22.5 Å². The predicted molar refractivity (Wildman–Crippen MR) is 198 cm³/mol. The van der Waals surface area contributed by atoms with Crippen molar-refractivity contribution >= 4 is 46.9 Å². The number of piperazine rings is 1. The number of aromatic nitrogens is 5. The molecule has 2 saturated heterocycles. The van der Waals surface area contributed by atoms with Gasteiger partial charge in [-0.1, -0.05) is 11.6 Å². The van der Waals surface area contributed by atoms with Crippen LogP contribution in [0.5, 0.6) is 0 Å². The molecule has 0 radical (unpaired) electrons. The topological polar surface area (TPSA) is 202 Å². The van der Waals surface area contributed by atoms with E-state index in [0.29, 0.717) is 39.0 Å². The summed E-state index contributed by atoms with van der Waals surface area (Å²) in [5, 5.41) is 19.4. The number of nitrogens with zero attached hydrogens (tertiary/aromatic N) is 8. The van der Waals surface area contributed by atoms with E-state index in [-0.39, 0.29) is 69.9 Å². The normalized spacial score (nSPS) is 15.4. The second kappa shape index (κ2) is 15.8. The smallest absolute Gasteiger partial charge is 0.435 e. The first-order valence-electron chi connectivity index (χ1n) is 17.8. The molecule has 2 aliphatic rings.